The Morgan fingerprint density at radius 2 is 1.95 bits per heavy atom. The van der Waals surface area contributed by atoms with Crippen LogP contribution in [0.1, 0.15) is 33.2 Å². The van der Waals surface area contributed by atoms with Crippen molar-refractivity contribution in [1.29, 1.82) is 0 Å². The van der Waals surface area contributed by atoms with Crippen molar-refractivity contribution in [2.24, 2.45) is 0 Å². The Morgan fingerprint density at radius 3 is 2.68 bits per heavy atom. The van der Waals surface area contributed by atoms with E-state index in [0.717, 1.165) is 11.8 Å². The van der Waals surface area contributed by atoms with Gasteiger partial charge in [-0.05, 0) is 30.7 Å². The third-order valence-electron chi connectivity index (χ3n) is 2.77. The van der Waals surface area contributed by atoms with E-state index in [-0.39, 0.29) is 5.78 Å². The van der Waals surface area contributed by atoms with Gasteiger partial charge in [0.2, 0.25) is 0 Å². The highest BCUT2D eigenvalue weighted by atomic mass is 16.5. The summed E-state index contributed by atoms with van der Waals surface area (Å²) in [5.74, 6) is 0.570. The van der Waals surface area contributed by atoms with Crippen LogP contribution >= 0.6 is 0 Å². The number of carbonyl (C=O) groups excluding carboxylic acids is 2. The van der Waals surface area contributed by atoms with E-state index in [9.17, 15) is 9.59 Å². The van der Waals surface area contributed by atoms with Crippen LogP contribution in [-0.2, 0) is 6.61 Å². The lowest BCUT2D eigenvalue weighted by atomic mass is 10.1. The molecule has 0 atom stereocenters. The van der Waals surface area contributed by atoms with Gasteiger partial charge in [0.05, 0.1) is 5.56 Å². The van der Waals surface area contributed by atoms with Crippen LogP contribution in [0, 0.1) is 0 Å². The monoisotopic (exact) mass is 254 g/mol. The largest absolute Gasteiger partial charge is 0.488 e. The van der Waals surface area contributed by atoms with Crippen molar-refractivity contribution in [2.45, 2.75) is 13.5 Å². The molecule has 0 fully saturated rings. The third kappa shape index (κ3) is 3.28. The average Bonchev–Trinajstić information content (AvgIpc) is 2.45. The molecule has 0 radical (unpaired) electrons. The molecule has 3 heteroatoms. The molecule has 0 aliphatic heterocycles. The summed E-state index contributed by atoms with van der Waals surface area (Å²) < 4.78 is 5.61. The third-order valence-corrected chi connectivity index (χ3v) is 2.77. The first kappa shape index (κ1) is 13.0. The average molecular weight is 254 g/mol. The second kappa shape index (κ2) is 5.96. The molecule has 2 aromatic carbocycles. The molecule has 0 spiro atoms. The second-order valence-electron chi connectivity index (χ2n) is 4.20. The number of carbonyl (C=O) groups is 2. The smallest absolute Gasteiger partial charge is 0.159 e. The number of para-hydroxylation sites is 1. The quantitative estimate of drug-likeness (QED) is 0.607. The first-order valence-corrected chi connectivity index (χ1v) is 5.97. The maximum atomic E-state index is 11.3. The summed E-state index contributed by atoms with van der Waals surface area (Å²) in [4.78, 5) is 22.1. The van der Waals surface area contributed by atoms with Crippen molar-refractivity contribution in [2.75, 3.05) is 0 Å². The molecule has 0 aliphatic rings. The van der Waals surface area contributed by atoms with E-state index >= 15 is 0 Å². The predicted molar refractivity (Wildman–Crippen MR) is 72.6 cm³/mol. The van der Waals surface area contributed by atoms with Crippen LogP contribution in [0.3, 0.4) is 0 Å². The number of benzene rings is 2. The Balaban J connectivity index is 2.12. The van der Waals surface area contributed by atoms with Crippen molar-refractivity contribution < 1.29 is 14.3 Å². The minimum Gasteiger partial charge on any atom is -0.488 e. The van der Waals surface area contributed by atoms with Crippen molar-refractivity contribution in [3.8, 4) is 5.75 Å². The number of aldehydes is 1. The summed E-state index contributed by atoms with van der Waals surface area (Å²) >= 11 is 0. The summed E-state index contributed by atoms with van der Waals surface area (Å²) in [6.07, 6.45) is 0.765. The summed E-state index contributed by atoms with van der Waals surface area (Å²) in [5.41, 5.74) is 2.07. The molecule has 3 nitrogen and oxygen atoms in total. The van der Waals surface area contributed by atoms with Crippen LogP contribution in [0.4, 0.5) is 0 Å². The predicted octanol–water partition coefficient (Wildman–Crippen LogP) is 3.28. The Kier molecular flexibility index (Phi) is 4.08. The molecule has 0 aromatic heterocycles. The first-order valence-electron chi connectivity index (χ1n) is 5.97. The number of ether oxygens (including phenoxy) is 1. The fourth-order valence-corrected chi connectivity index (χ4v) is 1.75. The van der Waals surface area contributed by atoms with Gasteiger partial charge < -0.3 is 4.74 Å². The molecule has 96 valence electrons. The molecule has 2 aromatic rings. The molecule has 0 heterocycles. The lowest BCUT2D eigenvalue weighted by molar-refractivity contribution is 0.101. The zero-order valence-electron chi connectivity index (χ0n) is 10.6. The first-order chi connectivity index (χ1) is 9.20. The van der Waals surface area contributed by atoms with Crippen molar-refractivity contribution in [3.05, 3.63) is 65.2 Å². The Labute approximate surface area is 111 Å². The van der Waals surface area contributed by atoms with E-state index in [0.29, 0.717) is 23.5 Å². The van der Waals surface area contributed by atoms with E-state index < -0.39 is 0 Å². The molecule has 0 amide bonds. The second-order valence-corrected chi connectivity index (χ2v) is 4.20. The van der Waals surface area contributed by atoms with Crippen LogP contribution in [-0.4, -0.2) is 12.1 Å². The fourth-order valence-electron chi connectivity index (χ4n) is 1.75. The van der Waals surface area contributed by atoms with Gasteiger partial charge in [-0.15, -0.1) is 0 Å². The van der Waals surface area contributed by atoms with Gasteiger partial charge in [-0.1, -0.05) is 30.3 Å². The van der Waals surface area contributed by atoms with Gasteiger partial charge >= 0.3 is 0 Å². The minimum absolute atomic E-state index is 0.0233. The van der Waals surface area contributed by atoms with Gasteiger partial charge in [0.15, 0.2) is 12.1 Å². The number of hydrogen-bond donors (Lipinski definition) is 0. The van der Waals surface area contributed by atoms with E-state index in [1.165, 1.54) is 6.92 Å². The lowest BCUT2D eigenvalue weighted by Crippen LogP contribution is -2.00. The topological polar surface area (TPSA) is 43.4 Å². The summed E-state index contributed by atoms with van der Waals surface area (Å²) in [5, 5.41) is 0. The number of rotatable bonds is 5. The maximum Gasteiger partial charge on any atom is 0.159 e. The molecule has 0 N–H and O–H groups in total. The molecule has 19 heavy (non-hydrogen) atoms. The van der Waals surface area contributed by atoms with E-state index in [1.54, 1.807) is 30.3 Å². The van der Waals surface area contributed by atoms with Gasteiger partial charge in [0, 0.05) is 5.56 Å². The highest BCUT2D eigenvalue weighted by molar-refractivity contribution is 5.94. The van der Waals surface area contributed by atoms with Crippen molar-refractivity contribution >= 4 is 12.1 Å². The molecular weight excluding hydrogens is 240 g/mol. The van der Waals surface area contributed by atoms with Gasteiger partial charge in [-0.25, -0.2) is 0 Å². The standard InChI is InChI=1S/C16H14O3/c1-12(18)14-7-4-5-13(9-14)11-19-16-8-3-2-6-15(16)10-17/h2-10H,11H2,1H3. The maximum absolute atomic E-state index is 11.3. The highest BCUT2D eigenvalue weighted by Gasteiger charge is 2.04. The zero-order chi connectivity index (χ0) is 13.7. The zero-order valence-corrected chi connectivity index (χ0v) is 10.6. The Morgan fingerprint density at radius 1 is 1.16 bits per heavy atom. The summed E-state index contributed by atoms with van der Waals surface area (Å²) in [6, 6.07) is 14.3. The van der Waals surface area contributed by atoms with Crippen molar-refractivity contribution in [1.82, 2.24) is 0 Å². The van der Waals surface area contributed by atoms with E-state index in [2.05, 4.69) is 0 Å². The molecule has 2 rings (SSSR count). The van der Waals surface area contributed by atoms with Gasteiger partial charge in [-0.3, -0.25) is 9.59 Å². The van der Waals surface area contributed by atoms with E-state index in [4.69, 9.17) is 4.74 Å². The minimum atomic E-state index is 0.0233. The number of ketones is 1. The fraction of sp³-hybridized carbons (Fsp3) is 0.125. The van der Waals surface area contributed by atoms with Gasteiger partial charge in [-0.2, -0.15) is 0 Å². The number of Topliss-reactive ketones (excluding diaryl/α,β-unsaturated/α-hetero) is 1. The molecule has 0 saturated heterocycles. The van der Waals surface area contributed by atoms with Crippen molar-refractivity contribution in [3.63, 3.8) is 0 Å². The number of hydrogen-bond acceptors (Lipinski definition) is 3. The molecule has 0 saturated carbocycles. The highest BCUT2D eigenvalue weighted by Crippen LogP contribution is 2.17. The lowest BCUT2D eigenvalue weighted by Gasteiger charge is -2.08. The van der Waals surface area contributed by atoms with Crippen LogP contribution in [0.15, 0.2) is 48.5 Å². The SMILES string of the molecule is CC(=O)c1cccc(COc2ccccc2C=O)c1. The van der Waals surface area contributed by atoms with E-state index in [1.807, 2.05) is 18.2 Å². The molecule has 0 unspecified atom stereocenters. The van der Waals surface area contributed by atoms with Gasteiger partial charge in [0.1, 0.15) is 12.4 Å². The Hall–Kier alpha value is -2.42. The summed E-state index contributed by atoms with van der Waals surface area (Å²) in [6.45, 7) is 1.85. The molecule has 0 bridgehead atoms. The van der Waals surface area contributed by atoms with Crippen LogP contribution in [0.25, 0.3) is 0 Å². The summed E-state index contributed by atoms with van der Waals surface area (Å²) in [7, 11) is 0. The molecular formula is C16H14O3. The molecule has 0 aliphatic carbocycles. The van der Waals surface area contributed by atoms with Crippen LogP contribution in [0.2, 0.25) is 0 Å². The normalized spacial score (nSPS) is 9.95. The van der Waals surface area contributed by atoms with Gasteiger partial charge in [0.25, 0.3) is 0 Å². The Bertz CT molecular complexity index is 602. The van der Waals surface area contributed by atoms with Crippen LogP contribution < -0.4 is 4.74 Å². The van der Waals surface area contributed by atoms with Crippen LogP contribution in [0.5, 0.6) is 5.75 Å².